The number of hydrogen-bond donors (Lipinski definition) is 0. The molecular formula is C24H28F3N3O2. The Labute approximate surface area is 186 Å². The second kappa shape index (κ2) is 10.2. The lowest BCUT2D eigenvalue weighted by atomic mass is 10.1. The van der Waals surface area contributed by atoms with Crippen molar-refractivity contribution in [3.63, 3.8) is 0 Å². The van der Waals surface area contributed by atoms with Crippen LogP contribution in [0.2, 0.25) is 0 Å². The first-order valence-corrected chi connectivity index (χ1v) is 10.9. The van der Waals surface area contributed by atoms with Gasteiger partial charge in [-0.15, -0.1) is 0 Å². The minimum atomic E-state index is -4.35. The van der Waals surface area contributed by atoms with Gasteiger partial charge in [-0.3, -0.25) is 9.69 Å². The number of rotatable bonds is 7. The lowest BCUT2D eigenvalue weighted by molar-refractivity contribution is -0.137. The molecule has 8 heteroatoms. The third-order valence-corrected chi connectivity index (χ3v) is 5.67. The number of ether oxygens (including phenoxy) is 1. The first kappa shape index (κ1) is 23.9. The fraction of sp³-hybridized carbons (Fsp3) is 0.500. The van der Waals surface area contributed by atoms with Crippen LogP contribution in [-0.4, -0.2) is 28.7 Å². The highest BCUT2D eigenvalue weighted by atomic mass is 19.4. The number of pyridine rings is 1. The fourth-order valence-electron chi connectivity index (χ4n) is 3.80. The number of benzene rings is 1. The molecule has 3 rings (SSSR count). The Morgan fingerprint density at radius 3 is 2.56 bits per heavy atom. The summed E-state index contributed by atoms with van der Waals surface area (Å²) < 4.78 is 46.3. The van der Waals surface area contributed by atoms with Crippen molar-refractivity contribution >= 4 is 0 Å². The van der Waals surface area contributed by atoms with Crippen molar-refractivity contribution in [2.24, 2.45) is 5.92 Å². The second-order valence-corrected chi connectivity index (χ2v) is 8.64. The maximum atomic E-state index is 12.9. The van der Waals surface area contributed by atoms with Crippen LogP contribution in [0.25, 0.3) is 0 Å². The van der Waals surface area contributed by atoms with E-state index in [1.54, 1.807) is 22.9 Å². The van der Waals surface area contributed by atoms with Crippen molar-refractivity contribution in [2.75, 3.05) is 13.1 Å². The van der Waals surface area contributed by atoms with Crippen LogP contribution in [0, 0.1) is 17.2 Å². The second-order valence-electron chi connectivity index (χ2n) is 8.64. The lowest BCUT2D eigenvalue weighted by Crippen LogP contribution is -2.38. The van der Waals surface area contributed by atoms with E-state index in [0.29, 0.717) is 56.3 Å². The number of nitriles is 1. The van der Waals surface area contributed by atoms with Gasteiger partial charge in [0, 0.05) is 32.4 Å². The summed E-state index contributed by atoms with van der Waals surface area (Å²) in [5, 5.41) is 9.48. The summed E-state index contributed by atoms with van der Waals surface area (Å²) in [5.41, 5.74) is -0.341. The van der Waals surface area contributed by atoms with E-state index in [9.17, 15) is 23.2 Å². The SMILES string of the molecule is CC(C)CCn1ccc(OC2CCN(Cc3cccc(C(F)(F)F)c3)CC2)c(C#N)c1=O. The normalized spacial score (nSPS) is 15.7. The Morgan fingerprint density at radius 1 is 1.22 bits per heavy atom. The smallest absolute Gasteiger partial charge is 0.416 e. The zero-order chi connectivity index (χ0) is 23.3. The van der Waals surface area contributed by atoms with Gasteiger partial charge >= 0.3 is 6.18 Å². The summed E-state index contributed by atoms with van der Waals surface area (Å²) in [6.07, 6.45) is -0.650. The first-order chi connectivity index (χ1) is 15.2. The summed E-state index contributed by atoms with van der Waals surface area (Å²) in [6.45, 7) is 6.47. The predicted octanol–water partition coefficient (Wildman–Crippen LogP) is 4.83. The van der Waals surface area contributed by atoms with Crippen LogP contribution in [0.5, 0.6) is 5.75 Å². The van der Waals surface area contributed by atoms with Crippen molar-refractivity contribution in [1.82, 2.24) is 9.47 Å². The number of nitrogens with zero attached hydrogens (tertiary/aromatic N) is 3. The summed E-state index contributed by atoms with van der Waals surface area (Å²) in [5.74, 6) is 0.749. The van der Waals surface area contributed by atoms with Gasteiger partial charge in [0.1, 0.15) is 17.9 Å². The monoisotopic (exact) mass is 447 g/mol. The van der Waals surface area contributed by atoms with Crippen LogP contribution in [0.15, 0.2) is 41.3 Å². The van der Waals surface area contributed by atoms with E-state index < -0.39 is 11.7 Å². The Morgan fingerprint density at radius 2 is 1.94 bits per heavy atom. The van der Waals surface area contributed by atoms with Crippen molar-refractivity contribution in [1.29, 1.82) is 5.26 Å². The van der Waals surface area contributed by atoms with Gasteiger partial charge in [-0.25, -0.2) is 0 Å². The molecular weight excluding hydrogens is 419 g/mol. The van der Waals surface area contributed by atoms with E-state index in [1.165, 1.54) is 12.1 Å². The maximum Gasteiger partial charge on any atom is 0.416 e. The summed E-state index contributed by atoms with van der Waals surface area (Å²) in [7, 11) is 0. The average Bonchev–Trinajstić information content (AvgIpc) is 2.74. The predicted molar refractivity (Wildman–Crippen MR) is 115 cm³/mol. The van der Waals surface area contributed by atoms with Crippen LogP contribution in [0.3, 0.4) is 0 Å². The van der Waals surface area contributed by atoms with E-state index in [0.717, 1.165) is 12.5 Å². The number of aromatic nitrogens is 1. The van der Waals surface area contributed by atoms with E-state index >= 15 is 0 Å². The average molecular weight is 448 g/mol. The molecule has 0 atom stereocenters. The van der Waals surface area contributed by atoms with E-state index in [2.05, 4.69) is 18.7 Å². The third kappa shape index (κ3) is 6.13. The van der Waals surface area contributed by atoms with Crippen LogP contribution < -0.4 is 10.3 Å². The topological polar surface area (TPSA) is 58.3 Å². The van der Waals surface area contributed by atoms with Gasteiger partial charge in [0.05, 0.1) is 5.56 Å². The molecule has 1 fully saturated rings. The van der Waals surface area contributed by atoms with Crippen molar-refractivity contribution in [3.8, 4) is 11.8 Å². The molecule has 1 aromatic heterocycles. The largest absolute Gasteiger partial charge is 0.489 e. The molecule has 0 amide bonds. The van der Waals surface area contributed by atoms with Crippen molar-refractivity contribution in [3.05, 3.63) is 63.6 Å². The maximum absolute atomic E-state index is 12.9. The molecule has 172 valence electrons. The van der Waals surface area contributed by atoms with Gasteiger partial charge < -0.3 is 9.30 Å². The Bertz CT molecular complexity index is 1020. The Kier molecular flexibility index (Phi) is 7.62. The van der Waals surface area contributed by atoms with Crippen LogP contribution in [-0.2, 0) is 19.3 Å². The first-order valence-electron chi connectivity index (χ1n) is 10.9. The molecule has 1 aromatic carbocycles. The zero-order valence-corrected chi connectivity index (χ0v) is 18.4. The molecule has 1 saturated heterocycles. The van der Waals surface area contributed by atoms with Crippen molar-refractivity contribution < 1.29 is 17.9 Å². The van der Waals surface area contributed by atoms with Gasteiger partial charge in [-0.2, -0.15) is 18.4 Å². The molecule has 2 heterocycles. The molecule has 0 saturated carbocycles. The minimum Gasteiger partial charge on any atom is -0.489 e. The number of likely N-dealkylation sites (tertiary alicyclic amines) is 1. The molecule has 0 unspecified atom stereocenters. The summed E-state index contributed by atoms with van der Waals surface area (Å²) in [6, 6.07) is 9.05. The van der Waals surface area contributed by atoms with Gasteiger partial charge in [0.15, 0.2) is 5.56 Å². The van der Waals surface area contributed by atoms with Crippen molar-refractivity contribution in [2.45, 2.75) is 58.5 Å². The number of hydrogen-bond acceptors (Lipinski definition) is 4. The molecule has 0 spiro atoms. The van der Waals surface area contributed by atoms with Gasteiger partial charge in [0.25, 0.3) is 5.56 Å². The Balaban J connectivity index is 1.59. The van der Waals surface area contributed by atoms with E-state index in [-0.39, 0.29) is 17.2 Å². The highest BCUT2D eigenvalue weighted by Crippen LogP contribution is 2.30. The lowest BCUT2D eigenvalue weighted by Gasteiger charge is -2.32. The molecule has 5 nitrogen and oxygen atoms in total. The van der Waals surface area contributed by atoms with E-state index in [1.807, 2.05) is 6.07 Å². The summed E-state index contributed by atoms with van der Waals surface area (Å²) >= 11 is 0. The fourth-order valence-corrected chi connectivity index (χ4v) is 3.80. The molecule has 0 N–H and O–H groups in total. The molecule has 0 bridgehead atoms. The van der Waals surface area contributed by atoms with E-state index in [4.69, 9.17) is 4.74 Å². The molecule has 0 aliphatic carbocycles. The molecule has 2 aromatic rings. The molecule has 32 heavy (non-hydrogen) atoms. The number of halogens is 3. The van der Waals surface area contributed by atoms with Crippen LogP contribution >= 0.6 is 0 Å². The van der Waals surface area contributed by atoms with Gasteiger partial charge in [-0.05, 0) is 42.9 Å². The van der Waals surface area contributed by atoms with Crippen LogP contribution in [0.4, 0.5) is 13.2 Å². The standard InChI is InChI=1S/C24H28F3N3O2/c1-17(2)6-12-30-13-9-22(21(15-28)23(30)31)32-20-7-10-29(11-8-20)16-18-4-3-5-19(14-18)24(25,26)27/h3-5,9,13-14,17,20H,6-8,10-12,16H2,1-2H3. The van der Waals surface area contributed by atoms with Gasteiger partial charge in [0.2, 0.25) is 0 Å². The number of aryl methyl sites for hydroxylation is 1. The molecule has 1 aliphatic rings. The zero-order valence-electron chi connectivity index (χ0n) is 18.4. The van der Waals surface area contributed by atoms with Crippen LogP contribution in [0.1, 0.15) is 49.8 Å². The number of piperidine rings is 1. The third-order valence-electron chi connectivity index (χ3n) is 5.67. The number of alkyl halides is 3. The minimum absolute atomic E-state index is 0.0163. The Hall–Kier alpha value is -2.79. The van der Waals surface area contributed by atoms with Gasteiger partial charge in [-0.1, -0.05) is 32.0 Å². The molecule has 1 aliphatic heterocycles. The quantitative estimate of drug-likeness (QED) is 0.610. The summed E-state index contributed by atoms with van der Waals surface area (Å²) in [4.78, 5) is 14.7. The molecule has 0 radical (unpaired) electrons. The highest BCUT2D eigenvalue weighted by Gasteiger charge is 2.30. The highest BCUT2D eigenvalue weighted by molar-refractivity contribution is 5.40.